The van der Waals surface area contributed by atoms with Crippen LogP contribution in [0.3, 0.4) is 0 Å². The van der Waals surface area contributed by atoms with Gasteiger partial charge in [-0.3, -0.25) is 4.79 Å². The van der Waals surface area contributed by atoms with Crippen LogP contribution in [0.15, 0.2) is 53.7 Å². The number of carbonyl (C=O) groups is 1. The number of rotatable bonds is 5. The highest BCUT2D eigenvalue weighted by Gasteiger charge is 2.26. The largest absolute Gasteiger partial charge is 0.347 e. The second-order valence-corrected chi connectivity index (χ2v) is 8.92. The Balaban J connectivity index is 1.43. The average Bonchev–Trinajstić information content (AvgIpc) is 3.37. The first-order valence-electron chi connectivity index (χ1n) is 9.27. The third kappa shape index (κ3) is 3.53. The molecule has 0 aliphatic carbocycles. The molecule has 1 amide bonds. The van der Waals surface area contributed by atoms with Crippen LogP contribution in [0.2, 0.25) is 0 Å². The summed E-state index contributed by atoms with van der Waals surface area (Å²) in [6.45, 7) is 3.41. The van der Waals surface area contributed by atoms with Crippen LogP contribution in [-0.4, -0.2) is 41.1 Å². The van der Waals surface area contributed by atoms with Gasteiger partial charge in [-0.2, -0.15) is 4.31 Å². The van der Waals surface area contributed by atoms with E-state index in [1.807, 2.05) is 29.7 Å². The van der Waals surface area contributed by atoms with Gasteiger partial charge in [-0.05, 0) is 49.1 Å². The summed E-state index contributed by atoms with van der Waals surface area (Å²) in [5.74, 6) is -0.267. The van der Waals surface area contributed by atoms with Crippen LogP contribution in [0.4, 0.5) is 0 Å². The number of nitrogens with one attached hydrogen (secondary N) is 1. The lowest BCUT2D eigenvalue weighted by Crippen LogP contribution is -2.28. The van der Waals surface area contributed by atoms with Crippen molar-refractivity contribution in [1.82, 2.24) is 19.0 Å². The van der Waals surface area contributed by atoms with Gasteiger partial charge in [0.05, 0.1) is 4.90 Å². The predicted molar refractivity (Wildman–Crippen MR) is 106 cm³/mol. The number of benzene rings is 1. The Bertz CT molecular complexity index is 1110. The zero-order valence-corrected chi connectivity index (χ0v) is 16.4. The van der Waals surface area contributed by atoms with E-state index < -0.39 is 10.0 Å². The van der Waals surface area contributed by atoms with Gasteiger partial charge in [0.1, 0.15) is 11.3 Å². The molecule has 146 valence electrons. The van der Waals surface area contributed by atoms with Gasteiger partial charge >= 0.3 is 0 Å². The Morgan fingerprint density at radius 1 is 1.14 bits per heavy atom. The first-order valence-corrected chi connectivity index (χ1v) is 10.7. The second kappa shape index (κ2) is 7.37. The molecule has 0 unspecified atom stereocenters. The van der Waals surface area contributed by atoms with Crippen molar-refractivity contribution in [3.05, 3.63) is 65.6 Å². The fraction of sp³-hybridized carbons (Fsp3) is 0.300. The molecule has 0 bridgehead atoms. The van der Waals surface area contributed by atoms with Crippen molar-refractivity contribution in [2.45, 2.75) is 31.2 Å². The number of nitrogens with zero attached hydrogens (tertiary/aromatic N) is 3. The smallest absolute Gasteiger partial charge is 0.271 e. The number of amides is 1. The standard InChI is InChI=1S/C20H22N4O3S/c1-15-5-4-10-23-14-18(22-19(15)23)20(25)21-13-16-6-8-17(9-7-16)28(26,27)24-11-2-3-12-24/h4-10,14H,2-3,11-13H2,1H3,(H,21,25). The fourth-order valence-corrected chi connectivity index (χ4v) is 4.91. The molecule has 0 radical (unpaired) electrons. The maximum Gasteiger partial charge on any atom is 0.271 e. The molecular weight excluding hydrogens is 376 g/mol. The summed E-state index contributed by atoms with van der Waals surface area (Å²) in [5.41, 5.74) is 2.93. The van der Waals surface area contributed by atoms with Gasteiger partial charge in [0.15, 0.2) is 0 Å². The van der Waals surface area contributed by atoms with Crippen molar-refractivity contribution in [2.75, 3.05) is 13.1 Å². The number of fused-ring (bicyclic) bond motifs is 1. The monoisotopic (exact) mass is 398 g/mol. The van der Waals surface area contributed by atoms with E-state index in [1.54, 1.807) is 30.5 Å². The minimum absolute atomic E-state index is 0.267. The summed E-state index contributed by atoms with van der Waals surface area (Å²) in [6.07, 6.45) is 5.37. The lowest BCUT2D eigenvalue weighted by Gasteiger charge is -2.15. The number of hydrogen-bond donors (Lipinski definition) is 1. The predicted octanol–water partition coefficient (Wildman–Crippen LogP) is 2.36. The summed E-state index contributed by atoms with van der Waals surface area (Å²) in [7, 11) is -3.42. The quantitative estimate of drug-likeness (QED) is 0.715. The maximum atomic E-state index is 12.6. The molecule has 0 spiro atoms. The summed E-state index contributed by atoms with van der Waals surface area (Å²) in [6, 6.07) is 10.5. The Morgan fingerprint density at radius 2 is 1.86 bits per heavy atom. The highest BCUT2D eigenvalue weighted by Crippen LogP contribution is 2.21. The minimum atomic E-state index is -3.42. The molecular formula is C20H22N4O3S. The third-order valence-corrected chi connectivity index (χ3v) is 6.90. The van der Waals surface area contributed by atoms with Crippen LogP contribution < -0.4 is 5.32 Å². The molecule has 1 saturated heterocycles. The number of sulfonamides is 1. The molecule has 28 heavy (non-hydrogen) atoms. The van der Waals surface area contributed by atoms with Crippen molar-refractivity contribution in [3.8, 4) is 0 Å². The number of carbonyl (C=O) groups excluding carboxylic acids is 1. The molecule has 0 atom stereocenters. The van der Waals surface area contributed by atoms with E-state index in [0.717, 1.165) is 29.6 Å². The van der Waals surface area contributed by atoms with Crippen molar-refractivity contribution < 1.29 is 13.2 Å². The van der Waals surface area contributed by atoms with Crippen LogP contribution in [-0.2, 0) is 16.6 Å². The molecule has 4 rings (SSSR count). The van der Waals surface area contributed by atoms with Crippen LogP contribution >= 0.6 is 0 Å². The van der Waals surface area contributed by atoms with Crippen LogP contribution in [0, 0.1) is 6.92 Å². The summed E-state index contributed by atoms with van der Waals surface area (Å²) >= 11 is 0. The molecule has 0 saturated carbocycles. The first-order chi connectivity index (χ1) is 13.4. The van der Waals surface area contributed by atoms with Crippen LogP contribution in [0.25, 0.3) is 5.65 Å². The molecule has 3 aromatic rings. The van der Waals surface area contributed by atoms with Gasteiger partial charge in [0, 0.05) is 32.0 Å². The van der Waals surface area contributed by atoms with Crippen molar-refractivity contribution in [3.63, 3.8) is 0 Å². The highest BCUT2D eigenvalue weighted by atomic mass is 32.2. The van der Waals surface area contributed by atoms with Gasteiger partial charge in [0.2, 0.25) is 10.0 Å². The molecule has 7 nitrogen and oxygen atoms in total. The van der Waals surface area contributed by atoms with E-state index >= 15 is 0 Å². The lowest BCUT2D eigenvalue weighted by molar-refractivity contribution is 0.0946. The molecule has 1 aromatic carbocycles. The molecule has 8 heteroatoms. The maximum absolute atomic E-state index is 12.6. The second-order valence-electron chi connectivity index (χ2n) is 6.99. The highest BCUT2D eigenvalue weighted by molar-refractivity contribution is 7.89. The zero-order valence-electron chi connectivity index (χ0n) is 15.6. The average molecular weight is 398 g/mol. The van der Waals surface area contributed by atoms with Gasteiger partial charge in [-0.25, -0.2) is 13.4 Å². The Kier molecular flexibility index (Phi) is 4.91. The topological polar surface area (TPSA) is 83.8 Å². The fourth-order valence-electron chi connectivity index (χ4n) is 3.39. The molecule has 1 fully saturated rings. The molecule has 3 heterocycles. The lowest BCUT2D eigenvalue weighted by atomic mass is 10.2. The Morgan fingerprint density at radius 3 is 2.54 bits per heavy atom. The number of hydrogen-bond acceptors (Lipinski definition) is 4. The molecule has 2 aromatic heterocycles. The number of aryl methyl sites for hydroxylation is 1. The zero-order chi connectivity index (χ0) is 19.7. The van der Waals surface area contributed by atoms with E-state index in [4.69, 9.17) is 0 Å². The van der Waals surface area contributed by atoms with Gasteiger partial charge in [-0.1, -0.05) is 18.2 Å². The molecule has 1 aliphatic heterocycles. The van der Waals surface area contributed by atoms with E-state index in [-0.39, 0.29) is 5.91 Å². The SMILES string of the molecule is Cc1cccn2cc(C(=O)NCc3ccc(S(=O)(=O)N4CCCC4)cc3)nc12. The summed E-state index contributed by atoms with van der Waals surface area (Å²) in [5, 5.41) is 2.83. The van der Waals surface area contributed by atoms with Gasteiger partial charge in [-0.15, -0.1) is 0 Å². The third-order valence-electron chi connectivity index (χ3n) is 4.99. The first kappa shape index (κ1) is 18.6. The number of imidazole rings is 1. The normalized spacial score (nSPS) is 15.2. The van der Waals surface area contributed by atoms with E-state index in [9.17, 15) is 13.2 Å². The Labute approximate surface area is 164 Å². The summed E-state index contributed by atoms with van der Waals surface area (Å²) in [4.78, 5) is 17.1. The van der Waals surface area contributed by atoms with E-state index in [0.29, 0.717) is 30.2 Å². The van der Waals surface area contributed by atoms with Gasteiger partial charge < -0.3 is 9.72 Å². The van der Waals surface area contributed by atoms with E-state index in [2.05, 4.69) is 10.3 Å². The number of aromatic nitrogens is 2. The summed E-state index contributed by atoms with van der Waals surface area (Å²) < 4.78 is 28.5. The van der Waals surface area contributed by atoms with Crippen molar-refractivity contribution in [1.29, 1.82) is 0 Å². The van der Waals surface area contributed by atoms with Crippen molar-refractivity contribution in [2.24, 2.45) is 0 Å². The van der Waals surface area contributed by atoms with Crippen LogP contribution in [0.1, 0.15) is 34.5 Å². The molecule has 1 aliphatic rings. The van der Waals surface area contributed by atoms with Gasteiger partial charge in [0.25, 0.3) is 5.91 Å². The van der Waals surface area contributed by atoms with E-state index in [1.165, 1.54) is 4.31 Å². The minimum Gasteiger partial charge on any atom is -0.347 e. The van der Waals surface area contributed by atoms with Crippen molar-refractivity contribution >= 4 is 21.6 Å². The van der Waals surface area contributed by atoms with Crippen LogP contribution in [0.5, 0.6) is 0 Å². The number of pyridine rings is 1. The Hall–Kier alpha value is -2.71. The molecule has 1 N–H and O–H groups in total.